The van der Waals surface area contributed by atoms with Crippen LogP contribution in [0.25, 0.3) is 0 Å². The second-order valence-electron chi connectivity index (χ2n) is 4.00. The fourth-order valence-corrected chi connectivity index (χ4v) is 2.35. The molecule has 1 aliphatic carbocycles. The van der Waals surface area contributed by atoms with Gasteiger partial charge in [-0.05, 0) is 12.8 Å². The van der Waals surface area contributed by atoms with Gasteiger partial charge >= 0.3 is 5.97 Å². The zero-order valence-electron chi connectivity index (χ0n) is 7.56. The van der Waals surface area contributed by atoms with Crippen molar-refractivity contribution in [3.05, 3.63) is 0 Å². The van der Waals surface area contributed by atoms with E-state index in [2.05, 4.69) is 0 Å². The summed E-state index contributed by atoms with van der Waals surface area (Å²) in [5, 5.41) is 0. The molecule has 1 heterocycles. The number of hydrogen-bond donors (Lipinski definition) is 0. The van der Waals surface area contributed by atoms with Crippen LogP contribution in [0.4, 0.5) is 4.39 Å². The van der Waals surface area contributed by atoms with Crippen molar-refractivity contribution in [3.63, 3.8) is 0 Å². The Morgan fingerprint density at radius 1 is 1.00 bits per heavy atom. The summed E-state index contributed by atoms with van der Waals surface area (Å²) in [7, 11) is 0. The summed E-state index contributed by atoms with van der Waals surface area (Å²) in [5.74, 6) is 0.480. The zero-order valence-corrected chi connectivity index (χ0v) is 7.56. The van der Waals surface area contributed by atoms with Crippen molar-refractivity contribution in [2.45, 2.75) is 38.5 Å². The molecule has 1 saturated carbocycles. The fraction of sp³-hybridized carbons (Fsp3) is 0.900. The first kappa shape index (κ1) is 8.21. The molecule has 0 unspecified atom stereocenters. The Labute approximate surface area is 73.3 Å². The summed E-state index contributed by atoms with van der Waals surface area (Å²) in [5.41, 5.74) is 0. The average Bonchev–Trinajstić information content (AvgIpc) is 2.77. The molecule has 0 aromatic carbocycles. The second-order valence-corrected chi connectivity index (χ2v) is 4.00. The van der Waals surface area contributed by atoms with E-state index in [0.29, 0.717) is 0 Å². The van der Waals surface area contributed by atoms with E-state index in [1.807, 2.05) is 4.58 Å². The van der Waals surface area contributed by atoms with Crippen LogP contribution in [0.2, 0.25) is 0 Å². The van der Waals surface area contributed by atoms with E-state index in [1.165, 1.54) is 25.7 Å². The van der Waals surface area contributed by atoms with Gasteiger partial charge in [0, 0.05) is 12.8 Å². The number of nitrogens with zero attached hydrogens (tertiary/aromatic N) is 1. The molecule has 12 heavy (non-hydrogen) atoms. The van der Waals surface area contributed by atoms with Crippen LogP contribution in [0.1, 0.15) is 38.5 Å². The Bertz CT molecular complexity index is 184. The molecule has 0 aromatic heterocycles. The van der Waals surface area contributed by atoms with Gasteiger partial charge < -0.3 is 0 Å². The van der Waals surface area contributed by atoms with Crippen LogP contribution >= 0.6 is 0 Å². The van der Waals surface area contributed by atoms with Gasteiger partial charge in [-0.2, -0.15) is 0 Å². The van der Waals surface area contributed by atoms with Crippen molar-refractivity contribution < 1.29 is 8.97 Å². The van der Waals surface area contributed by atoms with Gasteiger partial charge in [0.1, 0.15) is 13.1 Å². The molecule has 0 spiro atoms. The molecule has 0 N–H and O–H groups in total. The maximum Gasteiger partial charge on any atom is 0.332 e. The van der Waals surface area contributed by atoms with Gasteiger partial charge in [0.25, 0.3) is 0 Å². The molecule has 0 atom stereocenters. The van der Waals surface area contributed by atoms with Crippen molar-refractivity contribution in [2.24, 2.45) is 5.92 Å². The standard InChI is InChI=1S/C10H17FN/c11-10(9-5-1-2-6-9)12-7-3-4-8-12/h9H,1-8H2/q+1. The molecular weight excluding hydrogens is 153 g/mol. The molecule has 1 aliphatic heterocycles. The molecule has 0 amide bonds. The highest BCUT2D eigenvalue weighted by Crippen LogP contribution is 2.27. The van der Waals surface area contributed by atoms with Gasteiger partial charge in [0.2, 0.25) is 0 Å². The third-order valence-corrected chi connectivity index (χ3v) is 3.10. The molecule has 2 rings (SSSR count). The minimum absolute atomic E-state index is 0.199. The zero-order chi connectivity index (χ0) is 8.39. The molecule has 0 aromatic rings. The molecule has 2 aliphatic rings. The molecule has 0 radical (unpaired) electrons. The molecule has 1 nitrogen and oxygen atoms in total. The highest BCUT2D eigenvalue weighted by atomic mass is 19.1. The van der Waals surface area contributed by atoms with Crippen molar-refractivity contribution in [1.29, 1.82) is 0 Å². The van der Waals surface area contributed by atoms with Crippen LogP contribution in [0.15, 0.2) is 0 Å². The first-order chi connectivity index (χ1) is 5.88. The first-order valence-corrected chi connectivity index (χ1v) is 5.15. The van der Waals surface area contributed by atoms with Crippen LogP contribution < -0.4 is 0 Å². The lowest BCUT2D eigenvalue weighted by Crippen LogP contribution is -2.20. The van der Waals surface area contributed by atoms with E-state index < -0.39 is 0 Å². The first-order valence-electron chi connectivity index (χ1n) is 5.15. The lowest BCUT2D eigenvalue weighted by Gasteiger charge is -2.02. The summed E-state index contributed by atoms with van der Waals surface area (Å²) in [6.07, 6.45) is 6.99. The van der Waals surface area contributed by atoms with E-state index >= 15 is 0 Å². The normalized spacial score (nSPS) is 25.2. The minimum atomic E-state index is 0.199. The van der Waals surface area contributed by atoms with Gasteiger partial charge in [0.05, 0.1) is 5.92 Å². The lowest BCUT2D eigenvalue weighted by atomic mass is 10.1. The van der Waals surface area contributed by atoms with Gasteiger partial charge in [-0.1, -0.05) is 12.8 Å². The molecule has 0 bridgehead atoms. The van der Waals surface area contributed by atoms with E-state index in [4.69, 9.17) is 0 Å². The lowest BCUT2D eigenvalue weighted by molar-refractivity contribution is -0.514. The Morgan fingerprint density at radius 3 is 2.17 bits per heavy atom. The van der Waals surface area contributed by atoms with Gasteiger partial charge in [0.15, 0.2) is 0 Å². The summed E-state index contributed by atoms with van der Waals surface area (Å²) in [4.78, 5) is 0. The Balaban J connectivity index is 2.05. The van der Waals surface area contributed by atoms with E-state index in [-0.39, 0.29) is 11.9 Å². The van der Waals surface area contributed by atoms with Crippen LogP contribution in [-0.4, -0.2) is 23.6 Å². The SMILES string of the molecule is FC(C1CCCC1)=[N+]1CCCC1. The highest BCUT2D eigenvalue weighted by molar-refractivity contribution is 5.72. The van der Waals surface area contributed by atoms with E-state index in [9.17, 15) is 4.39 Å². The van der Waals surface area contributed by atoms with Gasteiger partial charge in [-0.3, -0.25) is 0 Å². The summed E-state index contributed by atoms with van der Waals surface area (Å²) in [6.45, 7) is 1.92. The van der Waals surface area contributed by atoms with Crippen molar-refractivity contribution in [1.82, 2.24) is 0 Å². The molecule has 68 valence electrons. The monoisotopic (exact) mass is 170 g/mol. The van der Waals surface area contributed by atoms with Gasteiger partial charge in [-0.25, -0.2) is 4.58 Å². The van der Waals surface area contributed by atoms with Crippen LogP contribution in [0.5, 0.6) is 0 Å². The molecular formula is C10H17FN+. The van der Waals surface area contributed by atoms with Crippen molar-refractivity contribution >= 4 is 5.97 Å². The molecule has 2 heteroatoms. The Morgan fingerprint density at radius 2 is 1.58 bits per heavy atom. The fourth-order valence-electron chi connectivity index (χ4n) is 2.35. The maximum atomic E-state index is 13.7. The molecule has 1 saturated heterocycles. The third-order valence-electron chi connectivity index (χ3n) is 3.10. The number of hydrogen-bond acceptors (Lipinski definition) is 0. The topological polar surface area (TPSA) is 3.01 Å². The van der Waals surface area contributed by atoms with Crippen LogP contribution in [0.3, 0.4) is 0 Å². The largest absolute Gasteiger partial charge is 0.332 e. The van der Waals surface area contributed by atoms with E-state index in [1.54, 1.807) is 0 Å². The summed E-state index contributed by atoms with van der Waals surface area (Å²) in [6, 6.07) is 0. The van der Waals surface area contributed by atoms with Crippen LogP contribution in [0, 0.1) is 5.92 Å². The Kier molecular flexibility index (Phi) is 2.43. The number of rotatable bonds is 1. The quantitative estimate of drug-likeness (QED) is 0.531. The smallest absolute Gasteiger partial charge is 0.209 e. The molecule has 2 fully saturated rings. The van der Waals surface area contributed by atoms with Crippen LogP contribution in [-0.2, 0) is 0 Å². The van der Waals surface area contributed by atoms with Crippen molar-refractivity contribution in [2.75, 3.05) is 13.1 Å². The highest BCUT2D eigenvalue weighted by Gasteiger charge is 2.29. The van der Waals surface area contributed by atoms with Crippen molar-refractivity contribution in [3.8, 4) is 0 Å². The minimum Gasteiger partial charge on any atom is -0.209 e. The predicted molar refractivity (Wildman–Crippen MR) is 47.3 cm³/mol. The average molecular weight is 170 g/mol. The summed E-state index contributed by atoms with van der Waals surface area (Å²) < 4.78 is 15.6. The second kappa shape index (κ2) is 3.55. The third kappa shape index (κ3) is 1.52. The predicted octanol–water partition coefficient (Wildman–Crippen LogP) is 2.35. The van der Waals surface area contributed by atoms with Gasteiger partial charge in [-0.15, -0.1) is 4.39 Å². The maximum absolute atomic E-state index is 13.7. The van der Waals surface area contributed by atoms with E-state index in [0.717, 1.165) is 25.9 Å². The number of halogens is 1. The summed E-state index contributed by atoms with van der Waals surface area (Å²) >= 11 is 0. The Hall–Kier alpha value is -0.400.